The van der Waals surface area contributed by atoms with Gasteiger partial charge in [0, 0.05) is 23.2 Å². The van der Waals surface area contributed by atoms with Crippen LogP contribution in [0.5, 0.6) is 0 Å². The number of sulfonamides is 1. The molecular formula is C26H26F6N4O3S. The van der Waals surface area contributed by atoms with E-state index in [4.69, 9.17) is 0 Å². The molecule has 3 aromatic rings. The molecule has 3 N–H and O–H groups in total. The summed E-state index contributed by atoms with van der Waals surface area (Å²) in [5.41, 5.74) is -2.73. The van der Waals surface area contributed by atoms with Gasteiger partial charge in [0.15, 0.2) is 5.82 Å². The van der Waals surface area contributed by atoms with Crippen molar-refractivity contribution >= 4 is 38.2 Å². The summed E-state index contributed by atoms with van der Waals surface area (Å²) < 4.78 is 110. The third-order valence-corrected chi connectivity index (χ3v) is 7.96. The summed E-state index contributed by atoms with van der Waals surface area (Å²) in [6.07, 6.45) is -2.84. The molecule has 4 rings (SSSR count). The van der Waals surface area contributed by atoms with Crippen LogP contribution < -0.4 is 15.4 Å². The highest BCUT2D eigenvalue weighted by atomic mass is 32.2. The number of amides is 1. The third kappa shape index (κ3) is 6.77. The van der Waals surface area contributed by atoms with Crippen LogP contribution >= 0.6 is 0 Å². The van der Waals surface area contributed by atoms with Crippen molar-refractivity contribution < 1.29 is 39.6 Å². The van der Waals surface area contributed by atoms with E-state index >= 15 is 4.39 Å². The Hall–Kier alpha value is -3.55. The van der Waals surface area contributed by atoms with E-state index in [1.165, 1.54) is 0 Å². The maximum absolute atomic E-state index is 15.0. The maximum atomic E-state index is 15.0. The number of benzene rings is 2. The topological polar surface area (TPSA) is 100 Å². The first-order chi connectivity index (χ1) is 18.8. The van der Waals surface area contributed by atoms with Crippen LogP contribution in [0.1, 0.15) is 55.1 Å². The van der Waals surface area contributed by atoms with E-state index in [0.717, 1.165) is 36.4 Å². The maximum Gasteiger partial charge on any atom is 0.433 e. The number of rotatable bonds is 8. The average Bonchev–Trinajstić information content (AvgIpc) is 2.85. The molecule has 1 fully saturated rings. The number of carbonyl (C=O) groups excluding carboxylic acids is 1. The van der Waals surface area contributed by atoms with Gasteiger partial charge in [-0.15, -0.1) is 0 Å². The Morgan fingerprint density at radius 2 is 1.75 bits per heavy atom. The number of pyridine rings is 1. The van der Waals surface area contributed by atoms with Crippen LogP contribution in [-0.4, -0.2) is 37.1 Å². The Bertz CT molecular complexity index is 1530. The molecule has 0 radical (unpaired) electrons. The molecule has 40 heavy (non-hydrogen) atoms. The van der Waals surface area contributed by atoms with Crippen LogP contribution in [0.15, 0.2) is 36.4 Å². The Labute approximate surface area is 226 Å². The zero-order chi connectivity index (χ0) is 29.2. The third-order valence-electron chi connectivity index (χ3n) is 6.49. The fourth-order valence-electron chi connectivity index (χ4n) is 4.72. The average molecular weight is 589 g/mol. The summed E-state index contributed by atoms with van der Waals surface area (Å²) in [4.78, 5) is 16.4. The largest absolute Gasteiger partial charge is 0.433 e. The molecule has 1 aliphatic rings. The molecule has 7 nitrogen and oxygen atoms in total. The second-order valence-electron chi connectivity index (χ2n) is 9.60. The number of halogens is 6. The molecule has 0 saturated heterocycles. The number of aromatic nitrogens is 1. The van der Waals surface area contributed by atoms with Crippen molar-refractivity contribution in [3.05, 3.63) is 65.1 Å². The second-order valence-corrected chi connectivity index (χ2v) is 11.4. The lowest BCUT2D eigenvalue weighted by atomic mass is 9.90. The van der Waals surface area contributed by atoms with E-state index in [1.807, 2.05) is 4.72 Å². The van der Waals surface area contributed by atoms with E-state index < -0.39 is 68.6 Å². The standard InChI is InChI=1S/C26H26F6N4O3S/c1-2-10-40(38,39)36-20-9-7-18(28)23(24(20)29)25(37)34-16-5-3-4-15(12-16)33-21-13-22(26(30,31)32)35-19-8-6-14(27)11-17(19)21/h6-9,11,13,15-16,36H,2-5,10,12H2,1H3,(H,33,35)(H,34,37)/t15-,16+/m0/s1. The van der Waals surface area contributed by atoms with Gasteiger partial charge in [0.05, 0.1) is 17.0 Å². The lowest BCUT2D eigenvalue weighted by Crippen LogP contribution is -2.42. The molecule has 1 aromatic heterocycles. The van der Waals surface area contributed by atoms with Gasteiger partial charge in [-0.3, -0.25) is 9.52 Å². The van der Waals surface area contributed by atoms with Crippen LogP contribution in [0.25, 0.3) is 10.9 Å². The van der Waals surface area contributed by atoms with E-state index in [2.05, 4.69) is 15.6 Å². The molecule has 2 aromatic carbocycles. The second kappa shape index (κ2) is 11.5. The zero-order valence-electron chi connectivity index (χ0n) is 21.2. The van der Waals surface area contributed by atoms with Gasteiger partial charge < -0.3 is 10.6 Å². The number of hydrogen-bond donors (Lipinski definition) is 3. The number of carbonyl (C=O) groups is 1. The van der Waals surface area contributed by atoms with Crippen molar-refractivity contribution in [1.82, 2.24) is 10.3 Å². The van der Waals surface area contributed by atoms with Crippen LogP contribution in [-0.2, 0) is 16.2 Å². The molecule has 0 aliphatic heterocycles. The molecule has 1 aliphatic carbocycles. The van der Waals surface area contributed by atoms with Crippen molar-refractivity contribution in [2.45, 2.75) is 57.3 Å². The first-order valence-electron chi connectivity index (χ1n) is 12.5. The molecule has 1 amide bonds. The minimum atomic E-state index is -4.74. The van der Waals surface area contributed by atoms with E-state index in [-0.39, 0.29) is 35.2 Å². The van der Waals surface area contributed by atoms with E-state index in [9.17, 15) is 35.2 Å². The highest BCUT2D eigenvalue weighted by molar-refractivity contribution is 7.92. The summed E-state index contributed by atoms with van der Waals surface area (Å²) in [7, 11) is -3.91. The van der Waals surface area contributed by atoms with Crippen LogP contribution in [0.3, 0.4) is 0 Å². The van der Waals surface area contributed by atoms with Crippen LogP contribution in [0, 0.1) is 17.5 Å². The molecule has 0 bridgehead atoms. The molecule has 14 heteroatoms. The van der Waals surface area contributed by atoms with Gasteiger partial charge in [0.25, 0.3) is 5.91 Å². The van der Waals surface area contributed by atoms with Gasteiger partial charge in [0.2, 0.25) is 10.0 Å². The Balaban J connectivity index is 1.53. The molecule has 1 saturated carbocycles. The van der Waals surface area contributed by atoms with E-state index in [1.54, 1.807) is 6.92 Å². The number of fused-ring (bicyclic) bond motifs is 1. The smallest absolute Gasteiger partial charge is 0.382 e. The van der Waals surface area contributed by atoms with Gasteiger partial charge in [-0.1, -0.05) is 6.92 Å². The van der Waals surface area contributed by atoms with Gasteiger partial charge >= 0.3 is 6.18 Å². The quantitative estimate of drug-likeness (QED) is 0.282. The SMILES string of the molecule is CCCS(=O)(=O)Nc1ccc(F)c(C(=O)N[C@@H]2CCC[C@H](Nc3cc(C(F)(F)F)nc4ccc(F)cc34)C2)c1F. The predicted octanol–water partition coefficient (Wildman–Crippen LogP) is 5.98. The first-order valence-corrected chi connectivity index (χ1v) is 14.2. The highest BCUT2D eigenvalue weighted by Crippen LogP contribution is 2.35. The zero-order valence-corrected chi connectivity index (χ0v) is 22.0. The fraction of sp³-hybridized carbons (Fsp3) is 0.385. The normalized spacial score (nSPS) is 18.0. The van der Waals surface area contributed by atoms with E-state index in [0.29, 0.717) is 19.3 Å². The monoisotopic (exact) mass is 588 g/mol. The molecule has 1 heterocycles. The van der Waals surface area contributed by atoms with Gasteiger partial charge in [-0.25, -0.2) is 26.6 Å². The van der Waals surface area contributed by atoms with Gasteiger partial charge in [-0.2, -0.15) is 13.2 Å². The number of alkyl halides is 3. The number of nitrogens with one attached hydrogen (secondary N) is 3. The predicted molar refractivity (Wildman–Crippen MR) is 138 cm³/mol. The highest BCUT2D eigenvalue weighted by Gasteiger charge is 2.34. The first kappa shape index (κ1) is 29.4. The van der Waals surface area contributed by atoms with Gasteiger partial charge in [0.1, 0.15) is 22.9 Å². The summed E-state index contributed by atoms with van der Waals surface area (Å²) in [5, 5.41) is 5.68. The lowest BCUT2D eigenvalue weighted by molar-refractivity contribution is -0.140. The number of nitrogens with zero attached hydrogens (tertiary/aromatic N) is 1. The van der Waals surface area contributed by atoms with Crippen LogP contribution in [0.4, 0.5) is 37.7 Å². The fourth-order valence-corrected chi connectivity index (χ4v) is 5.85. The molecule has 2 atom stereocenters. The summed E-state index contributed by atoms with van der Waals surface area (Å²) >= 11 is 0. The van der Waals surface area contributed by atoms with Crippen molar-refractivity contribution in [3.63, 3.8) is 0 Å². The van der Waals surface area contributed by atoms with Crippen molar-refractivity contribution in [2.75, 3.05) is 15.8 Å². The van der Waals surface area contributed by atoms with Crippen molar-refractivity contribution in [3.8, 4) is 0 Å². The molecule has 216 valence electrons. The lowest BCUT2D eigenvalue weighted by Gasteiger charge is -2.31. The molecule has 0 unspecified atom stereocenters. The van der Waals surface area contributed by atoms with Crippen molar-refractivity contribution in [2.24, 2.45) is 0 Å². The summed E-state index contributed by atoms with van der Waals surface area (Å²) in [5.74, 6) is -4.62. The summed E-state index contributed by atoms with van der Waals surface area (Å²) in [6.45, 7) is 1.61. The molecular weight excluding hydrogens is 562 g/mol. The number of hydrogen-bond acceptors (Lipinski definition) is 5. The Morgan fingerprint density at radius 3 is 2.45 bits per heavy atom. The Morgan fingerprint density at radius 1 is 1.02 bits per heavy atom. The minimum absolute atomic E-state index is 0.0120. The minimum Gasteiger partial charge on any atom is -0.382 e. The number of anilines is 2. The van der Waals surface area contributed by atoms with Crippen molar-refractivity contribution in [1.29, 1.82) is 0 Å². The Kier molecular flexibility index (Phi) is 8.47. The van der Waals surface area contributed by atoms with Crippen LogP contribution in [0.2, 0.25) is 0 Å². The summed E-state index contributed by atoms with van der Waals surface area (Å²) in [6, 6.07) is 4.61. The van der Waals surface area contributed by atoms with Gasteiger partial charge in [-0.05, 0) is 68.5 Å². The molecule has 0 spiro atoms.